The lowest BCUT2D eigenvalue weighted by atomic mass is 10.2. The number of thiazole rings is 1. The highest BCUT2D eigenvalue weighted by Crippen LogP contribution is 2.24. The van der Waals surface area contributed by atoms with Crippen LogP contribution in [-0.4, -0.2) is 10.9 Å². The molecule has 0 aliphatic carbocycles. The van der Waals surface area contributed by atoms with Crippen molar-refractivity contribution in [1.29, 1.82) is 0 Å². The maximum absolute atomic E-state index is 12.2. The predicted octanol–water partition coefficient (Wildman–Crippen LogP) is 5.04. The average Bonchev–Trinajstić information content (AvgIpc) is 3.19. The molecule has 0 aliphatic heterocycles. The van der Waals surface area contributed by atoms with Crippen LogP contribution in [0.2, 0.25) is 0 Å². The molecule has 0 spiro atoms. The van der Waals surface area contributed by atoms with Crippen LogP contribution < -0.4 is 5.32 Å². The molecule has 0 bridgehead atoms. The Balaban J connectivity index is 1.53. The molecular formula is C18H18N2OS3. The summed E-state index contributed by atoms with van der Waals surface area (Å²) in [6, 6.07) is 9.82. The molecule has 0 atom stereocenters. The lowest BCUT2D eigenvalue weighted by Crippen LogP contribution is -2.22. The van der Waals surface area contributed by atoms with Gasteiger partial charge in [0.05, 0.1) is 17.2 Å². The standard InChI is InChI=1S/C18H18N2OS3/c1-12-7-8-22-17(12)9-19-18(21)14-3-5-16(6-4-14)24-11-15-10-23-13(2)20-15/h3-8,10H,9,11H2,1-2H3,(H,19,21). The van der Waals surface area contributed by atoms with Gasteiger partial charge in [0.2, 0.25) is 0 Å². The molecule has 3 nitrogen and oxygen atoms in total. The van der Waals surface area contributed by atoms with Gasteiger partial charge in [0.15, 0.2) is 0 Å². The number of carbonyl (C=O) groups is 1. The zero-order valence-corrected chi connectivity index (χ0v) is 16.0. The molecule has 2 heterocycles. The minimum atomic E-state index is -0.0329. The Morgan fingerprint density at radius 2 is 1.96 bits per heavy atom. The monoisotopic (exact) mass is 374 g/mol. The predicted molar refractivity (Wildman–Crippen MR) is 103 cm³/mol. The van der Waals surface area contributed by atoms with Crippen molar-refractivity contribution in [3.05, 3.63) is 67.8 Å². The Bertz CT molecular complexity index is 821. The summed E-state index contributed by atoms with van der Waals surface area (Å²) in [7, 11) is 0. The van der Waals surface area contributed by atoms with Crippen molar-refractivity contribution >= 4 is 40.3 Å². The van der Waals surface area contributed by atoms with E-state index in [9.17, 15) is 4.79 Å². The van der Waals surface area contributed by atoms with Gasteiger partial charge in [-0.25, -0.2) is 4.98 Å². The van der Waals surface area contributed by atoms with Gasteiger partial charge in [-0.15, -0.1) is 34.4 Å². The number of hydrogen-bond acceptors (Lipinski definition) is 5. The van der Waals surface area contributed by atoms with Crippen LogP contribution in [0.3, 0.4) is 0 Å². The maximum Gasteiger partial charge on any atom is 0.251 e. The largest absolute Gasteiger partial charge is 0.347 e. The van der Waals surface area contributed by atoms with Gasteiger partial charge >= 0.3 is 0 Å². The highest BCUT2D eigenvalue weighted by Gasteiger charge is 2.07. The zero-order chi connectivity index (χ0) is 16.9. The van der Waals surface area contributed by atoms with E-state index in [-0.39, 0.29) is 5.91 Å². The second-order valence-electron chi connectivity index (χ2n) is 5.38. The van der Waals surface area contributed by atoms with Crippen LogP contribution in [0.15, 0.2) is 46.0 Å². The SMILES string of the molecule is Cc1nc(CSc2ccc(C(=O)NCc3sccc3C)cc2)cs1. The molecule has 0 unspecified atom stereocenters. The lowest BCUT2D eigenvalue weighted by Gasteiger charge is -2.06. The third kappa shape index (κ3) is 4.47. The number of hydrogen-bond donors (Lipinski definition) is 1. The van der Waals surface area contributed by atoms with E-state index in [1.54, 1.807) is 34.4 Å². The topological polar surface area (TPSA) is 42.0 Å². The molecular weight excluding hydrogens is 356 g/mol. The number of carbonyl (C=O) groups excluding carboxylic acids is 1. The first kappa shape index (κ1) is 17.2. The summed E-state index contributed by atoms with van der Waals surface area (Å²) in [4.78, 5) is 19.0. The van der Waals surface area contributed by atoms with Crippen molar-refractivity contribution in [1.82, 2.24) is 10.3 Å². The Morgan fingerprint density at radius 1 is 1.17 bits per heavy atom. The van der Waals surface area contributed by atoms with Crippen LogP contribution in [0.4, 0.5) is 0 Å². The van der Waals surface area contributed by atoms with Crippen molar-refractivity contribution in [2.45, 2.75) is 31.0 Å². The van der Waals surface area contributed by atoms with E-state index < -0.39 is 0 Å². The van der Waals surface area contributed by atoms with Crippen molar-refractivity contribution in [3.8, 4) is 0 Å². The molecule has 0 radical (unpaired) electrons. The fourth-order valence-electron chi connectivity index (χ4n) is 2.18. The van der Waals surface area contributed by atoms with E-state index in [1.165, 1.54) is 10.4 Å². The van der Waals surface area contributed by atoms with Gasteiger partial charge < -0.3 is 5.32 Å². The van der Waals surface area contributed by atoms with E-state index in [4.69, 9.17) is 0 Å². The Morgan fingerprint density at radius 3 is 2.58 bits per heavy atom. The maximum atomic E-state index is 12.2. The molecule has 124 valence electrons. The highest BCUT2D eigenvalue weighted by molar-refractivity contribution is 7.98. The molecule has 2 aromatic heterocycles. The first-order chi connectivity index (χ1) is 11.6. The van der Waals surface area contributed by atoms with Gasteiger partial charge in [0, 0.05) is 26.5 Å². The molecule has 0 aliphatic rings. The van der Waals surface area contributed by atoms with Gasteiger partial charge in [-0.2, -0.15) is 0 Å². The van der Waals surface area contributed by atoms with E-state index in [2.05, 4.69) is 28.7 Å². The molecule has 0 saturated carbocycles. The fourth-order valence-corrected chi connectivity index (χ4v) is 4.54. The fraction of sp³-hybridized carbons (Fsp3) is 0.222. The van der Waals surface area contributed by atoms with Gasteiger partial charge in [0.1, 0.15) is 0 Å². The Hall–Kier alpha value is -1.63. The number of rotatable bonds is 6. The molecule has 6 heteroatoms. The van der Waals surface area contributed by atoms with E-state index in [0.29, 0.717) is 12.1 Å². The van der Waals surface area contributed by atoms with Crippen LogP contribution in [0, 0.1) is 13.8 Å². The molecule has 1 amide bonds. The number of aryl methyl sites for hydroxylation is 2. The summed E-state index contributed by atoms with van der Waals surface area (Å²) in [5.74, 6) is 0.822. The quantitative estimate of drug-likeness (QED) is 0.614. The van der Waals surface area contributed by atoms with Crippen LogP contribution in [-0.2, 0) is 12.3 Å². The average molecular weight is 375 g/mol. The first-order valence-electron chi connectivity index (χ1n) is 7.57. The van der Waals surface area contributed by atoms with Gasteiger partial charge in [-0.1, -0.05) is 0 Å². The second-order valence-corrected chi connectivity index (χ2v) is 8.49. The summed E-state index contributed by atoms with van der Waals surface area (Å²) < 4.78 is 0. The molecule has 0 fully saturated rings. The number of thioether (sulfide) groups is 1. The number of nitrogens with zero attached hydrogens (tertiary/aromatic N) is 1. The van der Waals surface area contributed by atoms with E-state index in [1.807, 2.05) is 36.6 Å². The molecule has 24 heavy (non-hydrogen) atoms. The molecule has 1 aromatic carbocycles. The smallest absolute Gasteiger partial charge is 0.251 e. The van der Waals surface area contributed by atoms with Crippen LogP contribution in [0.25, 0.3) is 0 Å². The minimum Gasteiger partial charge on any atom is -0.347 e. The zero-order valence-electron chi connectivity index (χ0n) is 13.5. The molecule has 1 N–H and O–H groups in total. The minimum absolute atomic E-state index is 0.0329. The van der Waals surface area contributed by atoms with Crippen molar-refractivity contribution in [2.75, 3.05) is 0 Å². The van der Waals surface area contributed by atoms with Gasteiger partial charge in [-0.05, 0) is 55.1 Å². The summed E-state index contributed by atoms with van der Waals surface area (Å²) in [6.07, 6.45) is 0. The molecule has 3 rings (SSSR count). The third-order valence-electron chi connectivity index (χ3n) is 3.55. The summed E-state index contributed by atoms with van der Waals surface area (Å²) >= 11 is 5.08. The number of amides is 1. The van der Waals surface area contributed by atoms with E-state index >= 15 is 0 Å². The van der Waals surface area contributed by atoms with Crippen molar-refractivity contribution in [2.24, 2.45) is 0 Å². The van der Waals surface area contributed by atoms with Gasteiger partial charge in [-0.3, -0.25) is 4.79 Å². The van der Waals surface area contributed by atoms with Crippen LogP contribution in [0.1, 0.15) is 31.5 Å². The Labute approximate surface area is 154 Å². The van der Waals surface area contributed by atoms with Crippen LogP contribution in [0.5, 0.6) is 0 Å². The lowest BCUT2D eigenvalue weighted by molar-refractivity contribution is 0.0951. The Kier molecular flexibility index (Phi) is 5.71. The van der Waals surface area contributed by atoms with Gasteiger partial charge in [0.25, 0.3) is 5.91 Å². The number of aromatic nitrogens is 1. The molecule has 3 aromatic rings. The normalized spacial score (nSPS) is 10.8. The number of benzene rings is 1. The number of nitrogens with one attached hydrogen (secondary N) is 1. The summed E-state index contributed by atoms with van der Waals surface area (Å²) in [6.45, 7) is 4.67. The first-order valence-corrected chi connectivity index (χ1v) is 10.3. The van der Waals surface area contributed by atoms with Crippen molar-refractivity contribution in [3.63, 3.8) is 0 Å². The third-order valence-corrected chi connectivity index (χ3v) is 6.44. The second kappa shape index (κ2) is 7.96. The van der Waals surface area contributed by atoms with Crippen molar-refractivity contribution < 1.29 is 4.79 Å². The van der Waals surface area contributed by atoms with Crippen LogP contribution >= 0.6 is 34.4 Å². The highest BCUT2D eigenvalue weighted by atomic mass is 32.2. The summed E-state index contributed by atoms with van der Waals surface area (Å²) in [5.41, 5.74) is 3.03. The summed E-state index contributed by atoms with van der Waals surface area (Å²) in [5, 5.41) is 8.22. The molecule has 0 saturated heterocycles. The van der Waals surface area contributed by atoms with E-state index in [0.717, 1.165) is 21.3 Å². The number of thiophene rings is 1.